The van der Waals surface area contributed by atoms with Crippen LogP contribution < -0.4 is 9.47 Å². The van der Waals surface area contributed by atoms with Gasteiger partial charge in [-0.05, 0) is 26.0 Å². The van der Waals surface area contributed by atoms with Gasteiger partial charge in [0.2, 0.25) is 0 Å². The van der Waals surface area contributed by atoms with Crippen molar-refractivity contribution in [1.29, 1.82) is 0 Å². The summed E-state index contributed by atoms with van der Waals surface area (Å²) >= 11 is 0. The maximum absolute atomic E-state index is 11.3. The van der Waals surface area contributed by atoms with Crippen LogP contribution in [0, 0.1) is 0 Å². The predicted molar refractivity (Wildman–Crippen MR) is 58.1 cm³/mol. The molecule has 15 heavy (non-hydrogen) atoms. The molecule has 0 aromatic heterocycles. The van der Waals surface area contributed by atoms with Gasteiger partial charge >= 0.3 is 5.97 Å². The highest BCUT2D eigenvalue weighted by molar-refractivity contribution is 5.89. The number of carbonyl (C=O) groups excluding carboxylic acids is 1. The van der Waals surface area contributed by atoms with Crippen LogP contribution in [0.1, 0.15) is 13.8 Å². The molecule has 0 aliphatic rings. The van der Waals surface area contributed by atoms with Crippen LogP contribution >= 0.6 is 0 Å². The van der Waals surface area contributed by atoms with E-state index in [0.717, 1.165) is 0 Å². The van der Waals surface area contributed by atoms with E-state index >= 15 is 0 Å². The maximum Gasteiger partial charge on any atom is 0.338 e. The summed E-state index contributed by atoms with van der Waals surface area (Å²) in [6, 6.07) is 7.04. The maximum atomic E-state index is 11.3. The summed E-state index contributed by atoms with van der Waals surface area (Å²) in [4.78, 5) is 11.3. The fraction of sp³-hybridized carbons (Fsp3) is 0.250. The minimum Gasteiger partial charge on any atom is -0.490 e. The van der Waals surface area contributed by atoms with E-state index in [-0.39, 0.29) is 0 Å². The lowest BCUT2D eigenvalue weighted by atomic mass is 10.3. The lowest BCUT2D eigenvalue weighted by molar-refractivity contribution is -0.130. The second-order valence-corrected chi connectivity index (χ2v) is 3.05. The van der Waals surface area contributed by atoms with Crippen LogP contribution in [0.15, 0.2) is 36.4 Å². The molecule has 0 fully saturated rings. The van der Waals surface area contributed by atoms with Gasteiger partial charge in [-0.1, -0.05) is 18.7 Å². The fourth-order valence-corrected chi connectivity index (χ4v) is 0.996. The Kier molecular flexibility index (Phi) is 3.92. The second-order valence-electron chi connectivity index (χ2n) is 3.05. The first-order valence-corrected chi connectivity index (χ1v) is 4.74. The molecule has 0 atom stereocenters. The zero-order valence-corrected chi connectivity index (χ0v) is 8.95. The molecule has 1 aromatic carbocycles. The minimum atomic E-state index is -0.442. The molecule has 1 rings (SSSR count). The van der Waals surface area contributed by atoms with Crippen LogP contribution in [0.3, 0.4) is 0 Å². The Morgan fingerprint density at radius 1 is 1.33 bits per heavy atom. The third kappa shape index (κ3) is 3.13. The van der Waals surface area contributed by atoms with E-state index in [0.29, 0.717) is 23.7 Å². The van der Waals surface area contributed by atoms with E-state index < -0.39 is 5.97 Å². The molecule has 0 N–H and O–H groups in total. The first-order chi connectivity index (χ1) is 7.15. The second kappa shape index (κ2) is 5.20. The SMILES string of the molecule is C=C(C)C(=O)Oc1ccccc1OCC. The highest BCUT2D eigenvalue weighted by Gasteiger charge is 2.09. The number of hydrogen-bond donors (Lipinski definition) is 0. The first-order valence-electron chi connectivity index (χ1n) is 4.74. The number of benzene rings is 1. The normalized spacial score (nSPS) is 9.47. The number of ether oxygens (including phenoxy) is 2. The molecule has 0 spiro atoms. The van der Waals surface area contributed by atoms with E-state index in [2.05, 4.69) is 6.58 Å². The average Bonchev–Trinajstić information content (AvgIpc) is 2.21. The third-order valence-electron chi connectivity index (χ3n) is 1.70. The molecular weight excluding hydrogens is 192 g/mol. The molecule has 0 saturated heterocycles. The zero-order chi connectivity index (χ0) is 11.3. The fourth-order valence-electron chi connectivity index (χ4n) is 0.996. The van der Waals surface area contributed by atoms with Gasteiger partial charge in [0, 0.05) is 5.57 Å². The van der Waals surface area contributed by atoms with Gasteiger partial charge in [-0.25, -0.2) is 4.79 Å². The van der Waals surface area contributed by atoms with E-state index in [1.54, 1.807) is 25.1 Å². The van der Waals surface area contributed by atoms with Crippen LogP contribution in [-0.2, 0) is 4.79 Å². The molecule has 0 radical (unpaired) electrons. The zero-order valence-electron chi connectivity index (χ0n) is 8.95. The van der Waals surface area contributed by atoms with Crippen LogP contribution in [0.2, 0.25) is 0 Å². The van der Waals surface area contributed by atoms with Crippen molar-refractivity contribution in [2.75, 3.05) is 6.61 Å². The van der Waals surface area contributed by atoms with Gasteiger partial charge in [0.1, 0.15) is 0 Å². The molecule has 0 aliphatic heterocycles. The summed E-state index contributed by atoms with van der Waals surface area (Å²) in [6.45, 7) is 7.52. The molecule has 0 amide bonds. The first kappa shape index (κ1) is 11.3. The van der Waals surface area contributed by atoms with Gasteiger partial charge in [0.25, 0.3) is 0 Å². The predicted octanol–water partition coefficient (Wildman–Crippen LogP) is 2.57. The Labute approximate surface area is 89.3 Å². The van der Waals surface area contributed by atoms with Crippen molar-refractivity contribution in [3.63, 3.8) is 0 Å². The van der Waals surface area contributed by atoms with E-state index in [4.69, 9.17) is 9.47 Å². The number of carbonyl (C=O) groups is 1. The van der Waals surface area contributed by atoms with Crippen LogP contribution in [0.25, 0.3) is 0 Å². The minimum absolute atomic E-state index is 0.362. The lowest BCUT2D eigenvalue weighted by Crippen LogP contribution is -2.09. The summed E-state index contributed by atoms with van der Waals surface area (Å²) in [5, 5.41) is 0. The molecule has 0 unspecified atom stereocenters. The monoisotopic (exact) mass is 206 g/mol. The highest BCUT2D eigenvalue weighted by atomic mass is 16.6. The van der Waals surface area contributed by atoms with Gasteiger partial charge in [-0.2, -0.15) is 0 Å². The number of rotatable bonds is 4. The van der Waals surface area contributed by atoms with Gasteiger partial charge in [-0.15, -0.1) is 0 Å². The number of hydrogen-bond acceptors (Lipinski definition) is 3. The Balaban J connectivity index is 2.84. The average molecular weight is 206 g/mol. The summed E-state index contributed by atoms with van der Waals surface area (Å²) in [5.74, 6) is 0.545. The van der Waals surface area contributed by atoms with Crippen molar-refractivity contribution in [3.05, 3.63) is 36.4 Å². The molecule has 0 saturated carbocycles. The summed E-state index contributed by atoms with van der Waals surface area (Å²) in [5.41, 5.74) is 0.362. The topological polar surface area (TPSA) is 35.5 Å². The van der Waals surface area contributed by atoms with Crippen LogP contribution in [0.4, 0.5) is 0 Å². The Morgan fingerprint density at radius 3 is 2.47 bits per heavy atom. The van der Waals surface area contributed by atoms with E-state index in [1.807, 2.05) is 13.0 Å². The van der Waals surface area contributed by atoms with E-state index in [1.165, 1.54) is 0 Å². The van der Waals surface area contributed by atoms with Gasteiger partial charge in [0.15, 0.2) is 11.5 Å². The molecule has 0 heterocycles. The molecular formula is C12H14O3. The lowest BCUT2D eigenvalue weighted by Gasteiger charge is -2.09. The molecule has 80 valence electrons. The van der Waals surface area contributed by atoms with Crippen molar-refractivity contribution >= 4 is 5.97 Å². The van der Waals surface area contributed by atoms with Crippen molar-refractivity contribution in [1.82, 2.24) is 0 Å². The van der Waals surface area contributed by atoms with Crippen molar-refractivity contribution in [2.24, 2.45) is 0 Å². The Hall–Kier alpha value is -1.77. The van der Waals surface area contributed by atoms with E-state index in [9.17, 15) is 4.79 Å². The highest BCUT2D eigenvalue weighted by Crippen LogP contribution is 2.26. The van der Waals surface area contributed by atoms with Crippen molar-refractivity contribution in [2.45, 2.75) is 13.8 Å². The summed E-state index contributed by atoms with van der Waals surface area (Å²) in [7, 11) is 0. The van der Waals surface area contributed by atoms with Crippen LogP contribution in [0.5, 0.6) is 11.5 Å². The quantitative estimate of drug-likeness (QED) is 0.431. The number of esters is 1. The Bertz CT molecular complexity index is 369. The van der Waals surface area contributed by atoms with Gasteiger partial charge in [-0.3, -0.25) is 0 Å². The third-order valence-corrected chi connectivity index (χ3v) is 1.70. The molecule has 3 nitrogen and oxygen atoms in total. The van der Waals surface area contributed by atoms with Crippen molar-refractivity contribution in [3.8, 4) is 11.5 Å². The molecule has 3 heteroatoms. The standard InChI is InChI=1S/C12H14O3/c1-4-14-10-7-5-6-8-11(10)15-12(13)9(2)3/h5-8H,2,4H2,1,3H3. The number of para-hydroxylation sites is 2. The van der Waals surface area contributed by atoms with Gasteiger partial charge < -0.3 is 9.47 Å². The summed E-state index contributed by atoms with van der Waals surface area (Å²) in [6.07, 6.45) is 0. The molecule has 0 aliphatic carbocycles. The van der Waals surface area contributed by atoms with Crippen molar-refractivity contribution < 1.29 is 14.3 Å². The molecule has 0 bridgehead atoms. The Morgan fingerprint density at radius 2 is 1.93 bits per heavy atom. The smallest absolute Gasteiger partial charge is 0.338 e. The largest absolute Gasteiger partial charge is 0.490 e. The summed E-state index contributed by atoms with van der Waals surface area (Å²) < 4.78 is 10.4. The van der Waals surface area contributed by atoms with Crippen LogP contribution in [-0.4, -0.2) is 12.6 Å². The van der Waals surface area contributed by atoms with Gasteiger partial charge in [0.05, 0.1) is 6.61 Å². The molecule has 1 aromatic rings.